The van der Waals surface area contributed by atoms with Gasteiger partial charge in [-0.05, 0) is 55.4 Å². The van der Waals surface area contributed by atoms with Crippen molar-refractivity contribution in [2.45, 2.75) is 32.5 Å². The van der Waals surface area contributed by atoms with Crippen LogP contribution in [0, 0.1) is 11.7 Å². The number of nitrogens with zero attached hydrogens (tertiary/aromatic N) is 3. The molecule has 2 aromatic carbocycles. The van der Waals surface area contributed by atoms with Gasteiger partial charge in [-0.3, -0.25) is 9.69 Å². The second-order valence-electron chi connectivity index (χ2n) is 9.91. The van der Waals surface area contributed by atoms with Crippen LogP contribution in [0.4, 0.5) is 4.39 Å². The number of aromatic carboxylic acids is 1. The molecule has 9 heteroatoms. The van der Waals surface area contributed by atoms with Gasteiger partial charge in [-0.15, -0.1) is 0 Å². The molecule has 0 radical (unpaired) electrons. The highest BCUT2D eigenvalue weighted by Gasteiger charge is 2.34. The molecule has 1 aromatic heterocycles. The molecule has 0 bridgehead atoms. The Morgan fingerprint density at radius 3 is 2.50 bits per heavy atom. The number of fused-ring (bicyclic) bond motifs is 1. The maximum absolute atomic E-state index is 13.6. The number of hydrogen-bond acceptors (Lipinski definition) is 6. The highest BCUT2D eigenvalue weighted by Crippen LogP contribution is 2.30. The van der Waals surface area contributed by atoms with Crippen molar-refractivity contribution in [2.75, 3.05) is 26.7 Å². The van der Waals surface area contributed by atoms with Crippen LogP contribution < -0.4 is 4.74 Å². The molecule has 1 aliphatic rings. The Hall–Kier alpha value is -3.82. The minimum absolute atomic E-state index is 0.0727. The van der Waals surface area contributed by atoms with E-state index in [0.717, 1.165) is 11.1 Å². The number of carbonyl (C=O) groups excluding carboxylic acids is 1. The SMILES string of the molecule is C[C@H]1CN([C@@H](C)CO)C(=O)c2cc(-c3ccc(F)cc3)cnc2O[C@H]1CN(C)Cc1ccc(C(=O)O)cc1. The minimum atomic E-state index is -0.966. The second-order valence-corrected chi connectivity index (χ2v) is 9.91. The normalized spacial score (nSPS) is 18.4. The van der Waals surface area contributed by atoms with Crippen molar-refractivity contribution in [2.24, 2.45) is 5.92 Å². The number of ether oxygens (including phenoxy) is 1. The van der Waals surface area contributed by atoms with Crippen LogP contribution in [0.3, 0.4) is 0 Å². The van der Waals surface area contributed by atoms with Gasteiger partial charge < -0.3 is 19.8 Å². The van der Waals surface area contributed by atoms with Crippen LogP contribution >= 0.6 is 0 Å². The van der Waals surface area contributed by atoms with Crippen molar-refractivity contribution in [3.63, 3.8) is 0 Å². The number of aliphatic hydroxyl groups excluding tert-OH is 1. The monoisotopic (exact) mass is 521 g/mol. The van der Waals surface area contributed by atoms with Gasteiger partial charge in [0.1, 0.15) is 17.5 Å². The maximum atomic E-state index is 13.6. The van der Waals surface area contributed by atoms with Gasteiger partial charge >= 0.3 is 5.97 Å². The Labute approximate surface area is 221 Å². The number of benzene rings is 2. The number of pyridine rings is 1. The van der Waals surface area contributed by atoms with Gasteiger partial charge in [0.25, 0.3) is 5.91 Å². The van der Waals surface area contributed by atoms with Crippen LogP contribution in [-0.2, 0) is 6.54 Å². The molecule has 4 rings (SSSR count). The summed E-state index contributed by atoms with van der Waals surface area (Å²) in [5.74, 6) is -1.46. The third kappa shape index (κ3) is 6.17. The molecule has 0 fully saturated rings. The lowest BCUT2D eigenvalue weighted by Crippen LogP contribution is -2.49. The zero-order valence-electron chi connectivity index (χ0n) is 21.7. The summed E-state index contributed by atoms with van der Waals surface area (Å²) in [7, 11) is 1.95. The molecule has 38 heavy (non-hydrogen) atoms. The molecule has 2 N–H and O–H groups in total. The van der Waals surface area contributed by atoms with E-state index in [0.29, 0.717) is 25.2 Å². The lowest BCUT2D eigenvalue weighted by molar-refractivity contribution is 0.0325. The molecule has 0 unspecified atom stereocenters. The summed E-state index contributed by atoms with van der Waals surface area (Å²) in [4.78, 5) is 33.0. The predicted octanol–water partition coefficient (Wildman–Crippen LogP) is 3.94. The van der Waals surface area contributed by atoms with Gasteiger partial charge in [0, 0.05) is 37.3 Å². The van der Waals surface area contributed by atoms with Gasteiger partial charge in [-0.25, -0.2) is 14.2 Å². The smallest absolute Gasteiger partial charge is 0.335 e. The van der Waals surface area contributed by atoms with E-state index in [4.69, 9.17) is 9.84 Å². The number of likely N-dealkylation sites (N-methyl/N-ethyl adjacent to an activating group) is 1. The Morgan fingerprint density at radius 1 is 1.18 bits per heavy atom. The molecule has 0 saturated heterocycles. The largest absolute Gasteiger partial charge is 0.478 e. The highest BCUT2D eigenvalue weighted by atomic mass is 19.1. The van der Waals surface area contributed by atoms with E-state index in [1.165, 1.54) is 12.1 Å². The summed E-state index contributed by atoms with van der Waals surface area (Å²) in [6.07, 6.45) is 1.29. The molecule has 3 aromatic rings. The van der Waals surface area contributed by atoms with Crippen LogP contribution in [0.2, 0.25) is 0 Å². The lowest BCUT2D eigenvalue weighted by atomic mass is 9.99. The molecular formula is C29H32FN3O5. The Morgan fingerprint density at radius 2 is 1.87 bits per heavy atom. The number of carboxylic acids is 1. The molecule has 1 aliphatic heterocycles. The van der Waals surface area contributed by atoms with Crippen LogP contribution in [0.1, 0.15) is 40.1 Å². The van der Waals surface area contributed by atoms with Crippen molar-refractivity contribution in [3.8, 4) is 17.0 Å². The molecule has 0 saturated carbocycles. The van der Waals surface area contributed by atoms with E-state index in [9.17, 15) is 19.1 Å². The number of carbonyl (C=O) groups is 2. The second kappa shape index (κ2) is 11.7. The summed E-state index contributed by atoms with van der Waals surface area (Å²) >= 11 is 0. The topological polar surface area (TPSA) is 103 Å². The van der Waals surface area contributed by atoms with Crippen LogP contribution in [0.25, 0.3) is 11.1 Å². The first-order valence-corrected chi connectivity index (χ1v) is 12.5. The maximum Gasteiger partial charge on any atom is 0.335 e. The van der Waals surface area contributed by atoms with Crippen molar-refractivity contribution in [1.29, 1.82) is 0 Å². The van der Waals surface area contributed by atoms with Gasteiger partial charge in [0.15, 0.2) is 0 Å². The number of halogens is 1. The fraction of sp³-hybridized carbons (Fsp3) is 0.345. The van der Waals surface area contributed by atoms with E-state index in [1.54, 1.807) is 60.5 Å². The van der Waals surface area contributed by atoms with E-state index in [-0.39, 0.29) is 47.4 Å². The Balaban J connectivity index is 1.61. The summed E-state index contributed by atoms with van der Waals surface area (Å²) < 4.78 is 19.8. The van der Waals surface area contributed by atoms with Crippen molar-refractivity contribution < 1.29 is 28.9 Å². The number of amides is 1. The number of rotatable bonds is 8. The molecule has 3 atom stereocenters. The van der Waals surface area contributed by atoms with Gasteiger partial charge in [0.05, 0.1) is 18.2 Å². The molecule has 0 aliphatic carbocycles. The molecule has 200 valence electrons. The van der Waals surface area contributed by atoms with Crippen molar-refractivity contribution in [1.82, 2.24) is 14.8 Å². The summed E-state index contributed by atoms with van der Waals surface area (Å²) in [6.45, 7) is 5.10. The predicted molar refractivity (Wildman–Crippen MR) is 141 cm³/mol. The average Bonchev–Trinajstić information content (AvgIpc) is 2.90. The number of aromatic nitrogens is 1. The lowest BCUT2D eigenvalue weighted by Gasteiger charge is -2.37. The quantitative estimate of drug-likeness (QED) is 0.463. The average molecular weight is 522 g/mol. The first kappa shape index (κ1) is 27.2. The first-order chi connectivity index (χ1) is 18.2. The Kier molecular flexibility index (Phi) is 8.38. The summed E-state index contributed by atoms with van der Waals surface area (Å²) in [5, 5.41) is 19.0. The molecule has 1 amide bonds. The van der Waals surface area contributed by atoms with Gasteiger partial charge in [-0.1, -0.05) is 31.2 Å². The summed E-state index contributed by atoms with van der Waals surface area (Å²) in [6, 6.07) is 14.0. The third-order valence-electron chi connectivity index (χ3n) is 6.84. The number of carboxylic acid groups (broad SMARTS) is 1. The highest BCUT2D eigenvalue weighted by molar-refractivity contribution is 5.98. The fourth-order valence-electron chi connectivity index (χ4n) is 4.56. The van der Waals surface area contributed by atoms with Crippen LogP contribution in [-0.4, -0.2) is 75.8 Å². The van der Waals surface area contributed by atoms with Crippen molar-refractivity contribution >= 4 is 11.9 Å². The zero-order chi connectivity index (χ0) is 27.4. The number of aliphatic hydroxyl groups is 1. The van der Waals surface area contributed by atoms with Crippen LogP contribution in [0.15, 0.2) is 60.8 Å². The van der Waals surface area contributed by atoms with E-state index in [2.05, 4.69) is 9.88 Å². The third-order valence-corrected chi connectivity index (χ3v) is 6.84. The van der Waals surface area contributed by atoms with E-state index < -0.39 is 12.0 Å². The number of hydrogen-bond donors (Lipinski definition) is 2. The van der Waals surface area contributed by atoms with Gasteiger partial charge in [0.2, 0.25) is 5.88 Å². The van der Waals surface area contributed by atoms with E-state index in [1.807, 2.05) is 14.0 Å². The molecule has 8 nitrogen and oxygen atoms in total. The van der Waals surface area contributed by atoms with E-state index >= 15 is 0 Å². The molecular weight excluding hydrogens is 489 g/mol. The standard InChI is InChI=1S/C29H32FN3O5/c1-18-14-33(19(2)17-34)28(35)25-12-23(21-8-10-24(30)11-9-21)13-31-27(25)38-26(18)16-32(3)15-20-4-6-22(7-5-20)29(36)37/h4-13,18-19,26,34H,14-17H2,1-3H3,(H,36,37)/t18-,19-,26-/m0/s1. The fourth-order valence-corrected chi connectivity index (χ4v) is 4.56. The molecule has 0 spiro atoms. The Bertz CT molecular complexity index is 1280. The van der Waals surface area contributed by atoms with Crippen LogP contribution in [0.5, 0.6) is 5.88 Å². The zero-order valence-corrected chi connectivity index (χ0v) is 21.7. The molecule has 2 heterocycles. The first-order valence-electron chi connectivity index (χ1n) is 12.5. The summed E-state index contributed by atoms with van der Waals surface area (Å²) in [5.41, 5.74) is 2.86. The minimum Gasteiger partial charge on any atom is -0.478 e. The van der Waals surface area contributed by atoms with Crippen molar-refractivity contribution in [3.05, 3.63) is 83.3 Å². The van der Waals surface area contributed by atoms with Gasteiger partial charge in [-0.2, -0.15) is 0 Å².